The van der Waals surface area contributed by atoms with Crippen molar-refractivity contribution in [3.8, 4) is 0 Å². The van der Waals surface area contributed by atoms with E-state index in [0.29, 0.717) is 10.6 Å². The van der Waals surface area contributed by atoms with Crippen LogP contribution in [0.2, 0.25) is 0 Å². The number of hydrogen-bond donors (Lipinski definition) is 2. The SMILES string of the molecule is Nc1c(C(=O)NC2CCCCCCC2)sc2nnccc12. The fourth-order valence-electron chi connectivity index (χ4n) is 2.89. The molecule has 3 N–H and O–H groups in total. The van der Waals surface area contributed by atoms with E-state index in [1.165, 1.54) is 43.4 Å². The zero-order chi connectivity index (χ0) is 14.7. The standard InChI is InChI=1S/C15H20N4OS/c16-12-11-8-9-17-19-15(11)21-13(12)14(20)18-10-6-4-2-1-3-5-7-10/h8-10H,1-7,16H2,(H,18,20). The highest BCUT2D eigenvalue weighted by atomic mass is 32.1. The van der Waals surface area contributed by atoms with Gasteiger partial charge in [-0.3, -0.25) is 4.79 Å². The van der Waals surface area contributed by atoms with Crippen LogP contribution in [0.15, 0.2) is 12.3 Å². The van der Waals surface area contributed by atoms with Crippen molar-refractivity contribution in [2.75, 3.05) is 5.73 Å². The maximum atomic E-state index is 12.5. The van der Waals surface area contributed by atoms with Crippen LogP contribution in [0.3, 0.4) is 0 Å². The minimum Gasteiger partial charge on any atom is -0.397 e. The normalized spacial score (nSPS) is 17.3. The maximum absolute atomic E-state index is 12.5. The van der Waals surface area contributed by atoms with Crippen molar-refractivity contribution in [3.63, 3.8) is 0 Å². The Labute approximate surface area is 127 Å². The molecule has 0 spiro atoms. The molecule has 0 aliphatic heterocycles. The zero-order valence-corrected chi connectivity index (χ0v) is 12.8. The molecule has 1 saturated carbocycles. The number of nitrogen functional groups attached to an aromatic ring is 1. The van der Waals surface area contributed by atoms with Gasteiger partial charge < -0.3 is 11.1 Å². The van der Waals surface area contributed by atoms with E-state index in [1.54, 1.807) is 12.3 Å². The van der Waals surface area contributed by atoms with E-state index >= 15 is 0 Å². The number of carbonyl (C=O) groups excluding carboxylic acids is 1. The fourth-order valence-corrected chi connectivity index (χ4v) is 3.83. The van der Waals surface area contributed by atoms with Gasteiger partial charge in [0.05, 0.1) is 11.9 Å². The van der Waals surface area contributed by atoms with Gasteiger partial charge in [0.25, 0.3) is 5.91 Å². The second-order valence-electron chi connectivity index (χ2n) is 5.61. The first-order valence-corrected chi connectivity index (χ1v) is 8.38. The Morgan fingerprint density at radius 1 is 1.24 bits per heavy atom. The third-order valence-corrected chi connectivity index (χ3v) is 5.17. The molecule has 0 saturated heterocycles. The monoisotopic (exact) mass is 304 g/mol. The van der Waals surface area contributed by atoms with Crippen LogP contribution in [0.25, 0.3) is 10.2 Å². The smallest absolute Gasteiger partial charge is 0.263 e. The average molecular weight is 304 g/mol. The molecule has 1 aliphatic rings. The molecular formula is C15H20N4OS. The molecule has 0 radical (unpaired) electrons. The Morgan fingerprint density at radius 2 is 1.95 bits per heavy atom. The zero-order valence-electron chi connectivity index (χ0n) is 12.0. The van der Waals surface area contributed by atoms with Crippen molar-refractivity contribution >= 4 is 33.1 Å². The summed E-state index contributed by atoms with van der Waals surface area (Å²) in [7, 11) is 0. The molecule has 6 heteroatoms. The second kappa shape index (κ2) is 6.39. The summed E-state index contributed by atoms with van der Waals surface area (Å²) in [6, 6.07) is 2.08. The van der Waals surface area contributed by atoms with E-state index in [9.17, 15) is 4.79 Å². The quantitative estimate of drug-likeness (QED) is 0.893. The van der Waals surface area contributed by atoms with E-state index < -0.39 is 0 Å². The molecule has 0 unspecified atom stereocenters. The highest BCUT2D eigenvalue weighted by Crippen LogP contribution is 2.31. The van der Waals surface area contributed by atoms with Gasteiger partial charge in [0.2, 0.25) is 0 Å². The number of nitrogens with one attached hydrogen (secondary N) is 1. The van der Waals surface area contributed by atoms with Crippen LogP contribution in [0.1, 0.15) is 54.6 Å². The number of hydrogen-bond acceptors (Lipinski definition) is 5. The summed E-state index contributed by atoms with van der Waals surface area (Å²) in [5.74, 6) is -0.0685. The Morgan fingerprint density at radius 3 is 2.67 bits per heavy atom. The number of amides is 1. The molecular weight excluding hydrogens is 284 g/mol. The number of rotatable bonds is 2. The number of nitrogens with zero attached hydrogens (tertiary/aromatic N) is 2. The maximum Gasteiger partial charge on any atom is 0.263 e. The predicted molar refractivity (Wildman–Crippen MR) is 85.4 cm³/mol. The summed E-state index contributed by atoms with van der Waals surface area (Å²) in [5.41, 5.74) is 6.60. The van der Waals surface area contributed by atoms with E-state index in [4.69, 9.17) is 5.73 Å². The van der Waals surface area contributed by atoms with Crippen LogP contribution < -0.4 is 11.1 Å². The lowest BCUT2D eigenvalue weighted by atomic mass is 9.96. The molecule has 1 aliphatic carbocycles. The molecule has 2 aromatic rings. The Balaban J connectivity index is 1.75. The third kappa shape index (κ3) is 3.15. The number of fused-ring (bicyclic) bond motifs is 1. The van der Waals surface area contributed by atoms with E-state index in [2.05, 4.69) is 15.5 Å². The average Bonchev–Trinajstić information content (AvgIpc) is 2.79. The molecule has 1 fully saturated rings. The van der Waals surface area contributed by atoms with Gasteiger partial charge >= 0.3 is 0 Å². The predicted octanol–water partition coefficient (Wildman–Crippen LogP) is 3.12. The van der Waals surface area contributed by atoms with Gasteiger partial charge in [0, 0.05) is 11.4 Å². The molecule has 3 rings (SSSR count). The summed E-state index contributed by atoms with van der Waals surface area (Å²) in [6.07, 6.45) is 9.98. The second-order valence-corrected chi connectivity index (χ2v) is 6.61. The molecule has 1 amide bonds. The van der Waals surface area contributed by atoms with Crippen molar-refractivity contribution in [3.05, 3.63) is 17.1 Å². The van der Waals surface area contributed by atoms with Crippen molar-refractivity contribution < 1.29 is 4.79 Å². The van der Waals surface area contributed by atoms with Crippen LogP contribution >= 0.6 is 11.3 Å². The van der Waals surface area contributed by atoms with Crippen molar-refractivity contribution in [2.45, 2.75) is 51.0 Å². The molecule has 0 aromatic carbocycles. The van der Waals surface area contributed by atoms with Crippen LogP contribution in [0, 0.1) is 0 Å². The Kier molecular flexibility index (Phi) is 4.34. The molecule has 0 atom stereocenters. The Bertz CT molecular complexity index is 632. The van der Waals surface area contributed by atoms with Crippen LogP contribution in [0.5, 0.6) is 0 Å². The minimum absolute atomic E-state index is 0.0685. The lowest BCUT2D eigenvalue weighted by molar-refractivity contribution is 0.0935. The van der Waals surface area contributed by atoms with Gasteiger partial charge in [0.15, 0.2) is 0 Å². The van der Waals surface area contributed by atoms with Gasteiger partial charge in [-0.25, -0.2) is 0 Å². The van der Waals surface area contributed by atoms with Crippen molar-refractivity contribution in [1.29, 1.82) is 0 Å². The van der Waals surface area contributed by atoms with Gasteiger partial charge in [0.1, 0.15) is 9.71 Å². The number of anilines is 1. The summed E-state index contributed by atoms with van der Waals surface area (Å²) in [5, 5.41) is 11.8. The van der Waals surface area contributed by atoms with Crippen LogP contribution in [-0.2, 0) is 0 Å². The first-order chi connectivity index (χ1) is 10.3. The van der Waals surface area contributed by atoms with Gasteiger partial charge in [-0.15, -0.1) is 16.4 Å². The van der Waals surface area contributed by atoms with Crippen molar-refractivity contribution in [2.24, 2.45) is 0 Å². The molecule has 0 bridgehead atoms. The van der Waals surface area contributed by atoms with Crippen molar-refractivity contribution in [1.82, 2.24) is 15.5 Å². The lowest BCUT2D eigenvalue weighted by Gasteiger charge is -2.20. The molecule has 2 aromatic heterocycles. The van der Waals surface area contributed by atoms with E-state index in [0.717, 1.165) is 23.1 Å². The highest BCUT2D eigenvalue weighted by Gasteiger charge is 2.20. The first kappa shape index (κ1) is 14.3. The summed E-state index contributed by atoms with van der Waals surface area (Å²) < 4.78 is 0. The number of aromatic nitrogens is 2. The molecule has 21 heavy (non-hydrogen) atoms. The van der Waals surface area contributed by atoms with E-state index in [1.807, 2.05) is 0 Å². The lowest BCUT2D eigenvalue weighted by Crippen LogP contribution is -2.35. The van der Waals surface area contributed by atoms with Crippen LogP contribution in [-0.4, -0.2) is 22.1 Å². The van der Waals surface area contributed by atoms with Gasteiger partial charge in [-0.05, 0) is 18.9 Å². The Hall–Kier alpha value is -1.69. The minimum atomic E-state index is -0.0685. The third-order valence-electron chi connectivity index (χ3n) is 4.07. The summed E-state index contributed by atoms with van der Waals surface area (Å²) >= 11 is 1.32. The van der Waals surface area contributed by atoms with Gasteiger partial charge in [-0.2, -0.15) is 5.10 Å². The molecule has 2 heterocycles. The number of thiophene rings is 1. The number of carbonyl (C=O) groups is 1. The highest BCUT2D eigenvalue weighted by molar-refractivity contribution is 7.21. The number of nitrogens with two attached hydrogens (primary N) is 1. The summed E-state index contributed by atoms with van der Waals surface area (Å²) in [6.45, 7) is 0. The van der Waals surface area contributed by atoms with Crippen LogP contribution in [0.4, 0.5) is 5.69 Å². The molecule has 112 valence electrons. The summed E-state index contributed by atoms with van der Waals surface area (Å²) in [4.78, 5) is 13.8. The fraction of sp³-hybridized carbons (Fsp3) is 0.533. The first-order valence-electron chi connectivity index (χ1n) is 7.56. The largest absolute Gasteiger partial charge is 0.397 e. The van der Waals surface area contributed by atoms with E-state index in [-0.39, 0.29) is 11.9 Å². The van der Waals surface area contributed by atoms with Gasteiger partial charge in [-0.1, -0.05) is 32.1 Å². The molecule has 5 nitrogen and oxygen atoms in total. The topological polar surface area (TPSA) is 80.9 Å².